The van der Waals surface area contributed by atoms with Crippen molar-refractivity contribution in [1.29, 1.82) is 0 Å². The van der Waals surface area contributed by atoms with E-state index in [1.54, 1.807) is 7.11 Å². The Hall–Kier alpha value is -2.86. The number of nitrogens with one attached hydrogen (secondary N) is 2. The Morgan fingerprint density at radius 3 is 2.62 bits per heavy atom. The molecule has 1 aromatic heterocycles. The zero-order valence-corrected chi connectivity index (χ0v) is 14.2. The Labute approximate surface area is 144 Å². The highest BCUT2D eigenvalue weighted by Gasteiger charge is 2.06. The summed E-state index contributed by atoms with van der Waals surface area (Å²) in [6, 6.07) is 15.3. The van der Waals surface area contributed by atoms with E-state index in [0.29, 0.717) is 0 Å². The molecule has 0 bridgehead atoms. The molecule has 122 valence electrons. The third-order valence-electron chi connectivity index (χ3n) is 3.33. The van der Waals surface area contributed by atoms with Crippen molar-refractivity contribution in [3.63, 3.8) is 0 Å². The van der Waals surface area contributed by atoms with Crippen LogP contribution in [0.15, 0.2) is 53.9 Å². The number of rotatable bonds is 5. The lowest BCUT2D eigenvalue weighted by Gasteiger charge is -2.05. The van der Waals surface area contributed by atoms with Gasteiger partial charge in [-0.05, 0) is 24.3 Å². The number of carbonyl (C=O) groups is 1. The fraction of sp³-hybridized carbons (Fsp3) is 0.111. The van der Waals surface area contributed by atoms with Crippen LogP contribution in [-0.4, -0.2) is 18.0 Å². The molecule has 1 amide bonds. The zero-order chi connectivity index (χ0) is 16.9. The summed E-state index contributed by atoms with van der Waals surface area (Å²) in [4.78, 5) is 15.7. The summed E-state index contributed by atoms with van der Waals surface area (Å²) in [5.41, 5.74) is 3.59. The van der Waals surface area contributed by atoms with E-state index in [4.69, 9.17) is 4.74 Å². The van der Waals surface area contributed by atoms with Crippen LogP contribution in [0.25, 0.3) is 11.3 Å². The molecular weight excluding hydrogens is 322 g/mol. The number of methoxy groups -OCH3 is 1. The van der Waals surface area contributed by atoms with Gasteiger partial charge in [-0.1, -0.05) is 18.2 Å². The van der Waals surface area contributed by atoms with Gasteiger partial charge in [0.2, 0.25) is 5.91 Å². The fourth-order valence-electron chi connectivity index (χ4n) is 2.22. The molecule has 24 heavy (non-hydrogen) atoms. The number of ether oxygens (including phenoxy) is 1. The van der Waals surface area contributed by atoms with Crippen LogP contribution < -0.4 is 15.4 Å². The summed E-state index contributed by atoms with van der Waals surface area (Å²) in [5, 5.41) is 8.83. The normalized spacial score (nSPS) is 10.2. The second kappa shape index (κ2) is 7.14. The topological polar surface area (TPSA) is 63.2 Å². The number of anilines is 3. The fourth-order valence-corrected chi connectivity index (χ4v) is 2.96. The smallest absolute Gasteiger partial charge is 0.221 e. The molecule has 2 aromatic carbocycles. The van der Waals surface area contributed by atoms with Gasteiger partial charge in [-0.2, -0.15) is 0 Å². The summed E-state index contributed by atoms with van der Waals surface area (Å²) in [7, 11) is 1.64. The van der Waals surface area contributed by atoms with E-state index in [2.05, 4.69) is 15.6 Å². The maximum absolute atomic E-state index is 11.1. The lowest BCUT2D eigenvalue weighted by atomic mass is 10.1. The number of benzene rings is 2. The number of amides is 1. The van der Waals surface area contributed by atoms with Crippen molar-refractivity contribution in [3.8, 4) is 17.0 Å². The Morgan fingerprint density at radius 1 is 1.12 bits per heavy atom. The molecule has 0 aliphatic carbocycles. The Balaban J connectivity index is 1.74. The van der Waals surface area contributed by atoms with Gasteiger partial charge in [0.25, 0.3) is 0 Å². The highest BCUT2D eigenvalue weighted by atomic mass is 32.1. The van der Waals surface area contributed by atoms with Gasteiger partial charge in [0.1, 0.15) is 5.75 Å². The van der Waals surface area contributed by atoms with Crippen LogP contribution in [-0.2, 0) is 4.79 Å². The van der Waals surface area contributed by atoms with E-state index in [1.165, 1.54) is 18.3 Å². The van der Waals surface area contributed by atoms with Crippen LogP contribution in [0.5, 0.6) is 5.75 Å². The molecule has 0 unspecified atom stereocenters. The number of thiazole rings is 1. The average molecular weight is 339 g/mol. The Bertz CT molecular complexity index is 843. The summed E-state index contributed by atoms with van der Waals surface area (Å²) in [5.74, 6) is 0.714. The van der Waals surface area contributed by atoms with Crippen LogP contribution in [0.1, 0.15) is 6.92 Å². The SMILES string of the molecule is COc1cccc(Nc2nc(-c3ccc(NC(C)=O)cc3)cs2)c1. The monoisotopic (exact) mass is 339 g/mol. The second-order valence-corrected chi connectivity index (χ2v) is 6.01. The molecule has 6 heteroatoms. The second-order valence-electron chi connectivity index (χ2n) is 5.15. The molecule has 3 aromatic rings. The molecule has 0 atom stereocenters. The Morgan fingerprint density at radius 2 is 1.92 bits per heavy atom. The van der Waals surface area contributed by atoms with E-state index in [1.807, 2.05) is 53.9 Å². The largest absolute Gasteiger partial charge is 0.497 e. The van der Waals surface area contributed by atoms with Crippen molar-refractivity contribution in [2.75, 3.05) is 17.7 Å². The van der Waals surface area contributed by atoms with Gasteiger partial charge in [0.15, 0.2) is 5.13 Å². The first-order valence-corrected chi connectivity index (χ1v) is 8.26. The molecule has 2 N–H and O–H groups in total. The predicted octanol–water partition coefficient (Wildman–Crippen LogP) is 4.52. The molecule has 5 nitrogen and oxygen atoms in total. The number of nitrogens with zero attached hydrogens (tertiary/aromatic N) is 1. The van der Waals surface area contributed by atoms with Gasteiger partial charge in [-0.15, -0.1) is 11.3 Å². The first-order chi connectivity index (χ1) is 11.6. The molecule has 0 saturated heterocycles. The van der Waals surface area contributed by atoms with Crippen LogP contribution in [0.2, 0.25) is 0 Å². The standard InChI is InChI=1S/C18H17N3O2S/c1-12(22)19-14-8-6-13(7-9-14)17-11-24-18(21-17)20-15-4-3-5-16(10-15)23-2/h3-11H,1-2H3,(H,19,22)(H,20,21). The van der Waals surface area contributed by atoms with E-state index in [0.717, 1.165) is 33.5 Å². The van der Waals surface area contributed by atoms with Gasteiger partial charge in [0.05, 0.1) is 12.8 Å². The predicted molar refractivity (Wildman–Crippen MR) is 98.1 cm³/mol. The quantitative estimate of drug-likeness (QED) is 0.717. The van der Waals surface area contributed by atoms with E-state index in [9.17, 15) is 4.79 Å². The maximum atomic E-state index is 11.1. The van der Waals surface area contributed by atoms with E-state index >= 15 is 0 Å². The van der Waals surface area contributed by atoms with Crippen LogP contribution >= 0.6 is 11.3 Å². The van der Waals surface area contributed by atoms with Crippen molar-refractivity contribution >= 4 is 33.8 Å². The lowest BCUT2D eigenvalue weighted by molar-refractivity contribution is -0.114. The van der Waals surface area contributed by atoms with Crippen molar-refractivity contribution in [2.45, 2.75) is 6.92 Å². The molecule has 0 saturated carbocycles. The summed E-state index contributed by atoms with van der Waals surface area (Å²) >= 11 is 1.53. The molecule has 1 heterocycles. The number of aromatic nitrogens is 1. The minimum atomic E-state index is -0.0822. The first-order valence-electron chi connectivity index (χ1n) is 7.38. The molecule has 0 fully saturated rings. The lowest BCUT2D eigenvalue weighted by Crippen LogP contribution is -2.05. The van der Waals surface area contributed by atoms with E-state index < -0.39 is 0 Å². The Kier molecular flexibility index (Phi) is 4.77. The molecular formula is C18H17N3O2S. The average Bonchev–Trinajstić information content (AvgIpc) is 3.03. The molecule has 0 spiro atoms. The van der Waals surface area contributed by atoms with Gasteiger partial charge >= 0.3 is 0 Å². The summed E-state index contributed by atoms with van der Waals surface area (Å²) < 4.78 is 5.22. The number of hydrogen-bond donors (Lipinski definition) is 2. The summed E-state index contributed by atoms with van der Waals surface area (Å²) in [6.07, 6.45) is 0. The number of carbonyl (C=O) groups excluding carboxylic acids is 1. The highest BCUT2D eigenvalue weighted by Crippen LogP contribution is 2.28. The van der Waals surface area contributed by atoms with Gasteiger partial charge < -0.3 is 15.4 Å². The third-order valence-corrected chi connectivity index (χ3v) is 4.08. The molecule has 0 aliphatic heterocycles. The molecule has 0 radical (unpaired) electrons. The van der Waals surface area contributed by atoms with Crippen molar-refractivity contribution in [3.05, 3.63) is 53.9 Å². The van der Waals surface area contributed by atoms with E-state index in [-0.39, 0.29) is 5.91 Å². The molecule has 3 rings (SSSR count). The third kappa shape index (κ3) is 3.91. The molecule has 0 aliphatic rings. The zero-order valence-electron chi connectivity index (χ0n) is 13.4. The van der Waals surface area contributed by atoms with Gasteiger partial charge in [-0.25, -0.2) is 4.98 Å². The maximum Gasteiger partial charge on any atom is 0.221 e. The highest BCUT2D eigenvalue weighted by molar-refractivity contribution is 7.14. The van der Waals surface area contributed by atoms with Crippen molar-refractivity contribution < 1.29 is 9.53 Å². The van der Waals surface area contributed by atoms with Crippen molar-refractivity contribution in [2.24, 2.45) is 0 Å². The van der Waals surface area contributed by atoms with Gasteiger partial charge in [0, 0.05) is 35.3 Å². The van der Waals surface area contributed by atoms with Crippen LogP contribution in [0, 0.1) is 0 Å². The summed E-state index contributed by atoms with van der Waals surface area (Å²) in [6.45, 7) is 1.49. The minimum Gasteiger partial charge on any atom is -0.497 e. The van der Waals surface area contributed by atoms with Crippen LogP contribution in [0.4, 0.5) is 16.5 Å². The van der Waals surface area contributed by atoms with Crippen LogP contribution in [0.3, 0.4) is 0 Å². The van der Waals surface area contributed by atoms with Gasteiger partial charge in [-0.3, -0.25) is 4.79 Å². The minimum absolute atomic E-state index is 0.0822. The number of hydrogen-bond acceptors (Lipinski definition) is 5. The van der Waals surface area contributed by atoms with Crippen molar-refractivity contribution in [1.82, 2.24) is 4.98 Å². The first kappa shape index (κ1) is 16.0.